The number of hydrogen-bond acceptors (Lipinski definition) is 10. The van der Waals surface area contributed by atoms with E-state index >= 15 is 0 Å². The number of hydrogen-bond donors (Lipinski definition) is 2. The average Bonchev–Trinajstić information content (AvgIpc) is 3.33. The number of nitrogens with zero attached hydrogens (tertiary/aromatic N) is 4. The lowest BCUT2D eigenvalue weighted by Crippen LogP contribution is -2.24. The highest BCUT2D eigenvalue weighted by Gasteiger charge is 2.18. The molecule has 0 aliphatic rings. The van der Waals surface area contributed by atoms with Gasteiger partial charge in [-0.15, -0.1) is 21.5 Å². The number of aromatic nitrogens is 3. The first-order valence-corrected chi connectivity index (χ1v) is 10.4. The summed E-state index contributed by atoms with van der Waals surface area (Å²) >= 11 is 2.38. The largest absolute Gasteiger partial charge is 0.414 e. The number of benzene rings is 1. The summed E-state index contributed by atoms with van der Waals surface area (Å²) in [6.07, 6.45) is 0. The van der Waals surface area contributed by atoms with Crippen molar-refractivity contribution in [1.29, 1.82) is 0 Å². The van der Waals surface area contributed by atoms with Crippen molar-refractivity contribution in [1.82, 2.24) is 20.5 Å². The fourth-order valence-electron chi connectivity index (χ4n) is 2.38. The Morgan fingerprint density at radius 2 is 2.10 bits per heavy atom. The van der Waals surface area contributed by atoms with Crippen molar-refractivity contribution in [2.45, 2.75) is 25.6 Å². The zero-order chi connectivity index (χ0) is 21.7. The Hall–Kier alpha value is -3.32. The number of aryl methyl sites for hydroxylation is 1. The Morgan fingerprint density at radius 1 is 1.30 bits per heavy atom. The second-order valence-electron chi connectivity index (χ2n) is 5.98. The minimum atomic E-state index is -0.542. The molecule has 0 aliphatic carbocycles. The van der Waals surface area contributed by atoms with E-state index in [4.69, 9.17) is 4.42 Å². The molecular weight excluding hydrogens is 432 g/mol. The first kappa shape index (κ1) is 21.4. The van der Waals surface area contributed by atoms with Crippen molar-refractivity contribution in [3.05, 3.63) is 56.4 Å². The molecule has 0 saturated carbocycles. The first-order valence-electron chi connectivity index (χ1n) is 8.53. The van der Waals surface area contributed by atoms with Gasteiger partial charge in [-0.25, -0.2) is 4.98 Å². The maximum absolute atomic E-state index is 12.3. The Labute approximate surface area is 178 Å². The Kier molecular flexibility index (Phi) is 6.74. The van der Waals surface area contributed by atoms with Gasteiger partial charge in [0.25, 0.3) is 16.8 Å². The summed E-state index contributed by atoms with van der Waals surface area (Å²) in [6.45, 7) is 3.28. The van der Waals surface area contributed by atoms with E-state index in [0.717, 1.165) is 17.5 Å². The second-order valence-corrected chi connectivity index (χ2v) is 7.77. The van der Waals surface area contributed by atoms with Crippen molar-refractivity contribution < 1.29 is 18.9 Å². The van der Waals surface area contributed by atoms with Crippen molar-refractivity contribution in [2.75, 3.05) is 11.1 Å². The normalized spacial score (nSPS) is 10.6. The molecule has 3 rings (SSSR count). The minimum Gasteiger partial charge on any atom is -0.414 e. The molecule has 0 saturated heterocycles. The summed E-state index contributed by atoms with van der Waals surface area (Å²) in [7, 11) is 0. The number of nitro groups is 1. The quantitative estimate of drug-likeness (QED) is 0.301. The van der Waals surface area contributed by atoms with Crippen LogP contribution >= 0.6 is 23.1 Å². The van der Waals surface area contributed by atoms with Gasteiger partial charge in [0.05, 0.1) is 22.9 Å². The number of carbonyl (C=O) groups excluding carboxylic acids is 2. The van der Waals surface area contributed by atoms with E-state index in [1.54, 1.807) is 0 Å². The molecule has 0 bridgehead atoms. The summed E-state index contributed by atoms with van der Waals surface area (Å²) in [5.74, 6) is -0.561. The van der Waals surface area contributed by atoms with Gasteiger partial charge in [-0.05, 0) is 19.9 Å². The Balaban J connectivity index is 1.51. The average molecular weight is 448 g/mol. The molecule has 0 fully saturated rings. The van der Waals surface area contributed by atoms with Crippen LogP contribution in [0, 0.1) is 24.0 Å². The van der Waals surface area contributed by atoms with Gasteiger partial charge in [0.1, 0.15) is 0 Å². The van der Waals surface area contributed by atoms with Gasteiger partial charge in [-0.3, -0.25) is 19.7 Å². The first-order chi connectivity index (χ1) is 14.3. The van der Waals surface area contributed by atoms with Crippen LogP contribution in [0.2, 0.25) is 0 Å². The van der Waals surface area contributed by atoms with Crippen LogP contribution in [0.25, 0.3) is 0 Å². The molecule has 2 heterocycles. The SMILES string of the molecule is Cc1csc(NC(=O)CSc2nnc(CNC(=O)c3cccc([N+](=O)[O-])c3C)o2)n1. The highest BCUT2D eigenvalue weighted by atomic mass is 32.2. The molecule has 0 aliphatic heterocycles. The lowest BCUT2D eigenvalue weighted by molar-refractivity contribution is -0.385. The predicted octanol–water partition coefficient (Wildman–Crippen LogP) is 2.71. The molecule has 30 heavy (non-hydrogen) atoms. The number of carbonyl (C=O) groups is 2. The molecular formula is C17H16N6O5S2. The van der Waals surface area contributed by atoms with E-state index in [2.05, 4.69) is 25.8 Å². The number of thiazole rings is 1. The van der Waals surface area contributed by atoms with E-state index in [1.165, 1.54) is 36.5 Å². The number of amides is 2. The maximum Gasteiger partial charge on any atom is 0.277 e. The summed E-state index contributed by atoms with van der Waals surface area (Å²) < 4.78 is 5.39. The molecule has 2 amide bonds. The topological polar surface area (TPSA) is 153 Å². The number of thioether (sulfide) groups is 1. The van der Waals surface area contributed by atoms with Gasteiger partial charge < -0.3 is 15.1 Å². The van der Waals surface area contributed by atoms with Crippen LogP contribution in [-0.2, 0) is 11.3 Å². The Morgan fingerprint density at radius 3 is 2.80 bits per heavy atom. The van der Waals surface area contributed by atoms with Crippen molar-refractivity contribution in [3.63, 3.8) is 0 Å². The maximum atomic E-state index is 12.3. The summed E-state index contributed by atoms with van der Waals surface area (Å²) in [5, 5.41) is 26.4. The van der Waals surface area contributed by atoms with Gasteiger partial charge >= 0.3 is 0 Å². The zero-order valence-corrected chi connectivity index (χ0v) is 17.5. The van der Waals surface area contributed by atoms with Crippen molar-refractivity contribution >= 4 is 45.7 Å². The molecule has 0 unspecified atom stereocenters. The summed E-state index contributed by atoms with van der Waals surface area (Å²) in [4.78, 5) is 38.8. The third kappa shape index (κ3) is 5.39. The van der Waals surface area contributed by atoms with Gasteiger partial charge in [-0.1, -0.05) is 17.8 Å². The van der Waals surface area contributed by atoms with Crippen LogP contribution in [0.1, 0.15) is 27.5 Å². The molecule has 11 nitrogen and oxygen atoms in total. The molecule has 0 spiro atoms. The van der Waals surface area contributed by atoms with Crippen molar-refractivity contribution in [3.8, 4) is 0 Å². The lowest BCUT2D eigenvalue weighted by Gasteiger charge is -2.06. The van der Waals surface area contributed by atoms with Crippen LogP contribution < -0.4 is 10.6 Å². The summed E-state index contributed by atoms with van der Waals surface area (Å²) in [5.41, 5.74) is 1.15. The highest BCUT2D eigenvalue weighted by molar-refractivity contribution is 7.99. The standard InChI is InChI=1S/C17H16N6O5S2/c1-9-7-29-16(19-9)20-13(24)8-30-17-22-21-14(28-17)6-18-15(25)11-4-3-5-12(10(11)2)23(26)27/h3-5,7H,6,8H2,1-2H3,(H,18,25)(H,19,20,24). The number of nitro benzene ring substituents is 1. The monoisotopic (exact) mass is 448 g/mol. The van der Waals surface area contributed by atoms with Gasteiger partial charge in [0.2, 0.25) is 11.8 Å². The molecule has 2 aromatic heterocycles. The fourth-order valence-corrected chi connectivity index (χ4v) is 3.67. The Bertz CT molecular complexity index is 1100. The van der Waals surface area contributed by atoms with Gasteiger partial charge in [0, 0.05) is 22.6 Å². The third-order valence-electron chi connectivity index (χ3n) is 3.79. The lowest BCUT2D eigenvalue weighted by atomic mass is 10.1. The highest BCUT2D eigenvalue weighted by Crippen LogP contribution is 2.21. The van der Waals surface area contributed by atoms with Gasteiger partial charge in [0.15, 0.2) is 5.13 Å². The molecule has 13 heteroatoms. The zero-order valence-electron chi connectivity index (χ0n) is 15.9. The molecule has 0 atom stereocenters. The number of anilines is 1. The fraction of sp³-hybridized carbons (Fsp3) is 0.235. The number of rotatable bonds is 8. The molecule has 1 aromatic carbocycles. The molecule has 2 N–H and O–H groups in total. The summed E-state index contributed by atoms with van der Waals surface area (Å²) in [6, 6.07) is 4.27. The van der Waals surface area contributed by atoms with Crippen LogP contribution in [0.3, 0.4) is 0 Å². The second kappa shape index (κ2) is 9.45. The number of nitrogens with one attached hydrogen (secondary N) is 2. The minimum absolute atomic E-state index is 0.0551. The van der Waals surface area contributed by atoms with Crippen LogP contribution in [-0.4, -0.2) is 37.7 Å². The van der Waals surface area contributed by atoms with E-state index in [1.807, 2.05) is 12.3 Å². The smallest absolute Gasteiger partial charge is 0.277 e. The van der Waals surface area contributed by atoms with Crippen LogP contribution in [0.4, 0.5) is 10.8 Å². The van der Waals surface area contributed by atoms with Crippen LogP contribution in [0.5, 0.6) is 0 Å². The van der Waals surface area contributed by atoms with E-state index < -0.39 is 10.8 Å². The van der Waals surface area contributed by atoms with E-state index in [-0.39, 0.29) is 46.1 Å². The van der Waals surface area contributed by atoms with Crippen molar-refractivity contribution in [2.24, 2.45) is 0 Å². The van der Waals surface area contributed by atoms with Gasteiger partial charge in [-0.2, -0.15) is 0 Å². The molecule has 0 radical (unpaired) electrons. The third-order valence-corrected chi connectivity index (χ3v) is 5.48. The predicted molar refractivity (Wildman–Crippen MR) is 110 cm³/mol. The van der Waals surface area contributed by atoms with E-state index in [0.29, 0.717) is 5.13 Å². The van der Waals surface area contributed by atoms with E-state index in [9.17, 15) is 19.7 Å². The molecule has 3 aromatic rings. The molecule has 156 valence electrons. The van der Waals surface area contributed by atoms with Crippen LogP contribution in [0.15, 0.2) is 33.2 Å².